The highest BCUT2D eigenvalue weighted by atomic mass is 19.1. The zero-order valence-corrected chi connectivity index (χ0v) is 15.6. The van der Waals surface area contributed by atoms with E-state index in [1.54, 1.807) is 12.1 Å². The Morgan fingerprint density at radius 3 is 2.41 bits per heavy atom. The van der Waals surface area contributed by atoms with Gasteiger partial charge in [0.15, 0.2) is 11.2 Å². The molecule has 3 atom stereocenters. The third-order valence-corrected chi connectivity index (χ3v) is 6.42. The van der Waals surface area contributed by atoms with Crippen LogP contribution in [0.1, 0.15) is 29.9 Å². The topological polar surface area (TPSA) is 67.9 Å². The van der Waals surface area contributed by atoms with Gasteiger partial charge in [-0.2, -0.15) is 10.5 Å². The monoisotopic (exact) mass is 383 g/mol. The maximum atomic E-state index is 13.6. The van der Waals surface area contributed by atoms with Gasteiger partial charge in [0.1, 0.15) is 5.82 Å². The van der Waals surface area contributed by atoms with Crippen molar-refractivity contribution in [2.45, 2.75) is 30.8 Å². The van der Waals surface area contributed by atoms with Crippen LogP contribution in [0.15, 0.2) is 54.6 Å². The predicted octanol–water partition coefficient (Wildman–Crippen LogP) is 4.21. The lowest BCUT2D eigenvalue weighted by molar-refractivity contribution is -0.121. The van der Waals surface area contributed by atoms with Gasteiger partial charge in [-0.05, 0) is 42.2 Å². The Hall–Kier alpha value is -3.44. The number of ketones is 1. The summed E-state index contributed by atoms with van der Waals surface area (Å²) in [5, 5.41) is 20.5. The number of nitrogens with zero attached hydrogens (tertiary/aromatic N) is 3. The summed E-state index contributed by atoms with van der Waals surface area (Å²) in [4.78, 5) is 15.5. The number of hydrogen-bond acceptors (Lipinski definition) is 4. The Morgan fingerprint density at radius 1 is 1.07 bits per heavy atom. The van der Waals surface area contributed by atoms with E-state index in [2.05, 4.69) is 12.1 Å². The molecule has 1 saturated heterocycles. The summed E-state index contributed by atoms with van der Waals surface area (Å²) >= 11 is 0. The quantitative estimate of drug-likeness (QED) is 0.796. The summed E-state index contributed by atoms with van der Waals surface area (Å²) in [5.74, 6) is -1.01. The van der Waals surface area contributed by atoms with Gasteiger partial charge in [0.2, 0.25) is 0 Å². The second-order valence-corrected chi connectivity index (χ2v) is 8.01. The lowest BCUT2D eigenvalue weighted by Crippen LogP contribution is -2.44. The van der Waals surface area contributed by atoms with Crippen molar-refractivity contribution in [3.8, 4) is 12.1 Å². The third kappa shape index (κ3) is 2.44. The largest absolute Gasteiger partial charge is 0.351 e. The van der Waals surface area contributed by atoms with Gasteiger partial charge in [0.05, 0.1) is 24.2 Å². The third-order valence-electron chi connectivity index (χ3n) is 6.42. The Balaban J connectivity index is 1.76. The number of carbonyl (C=O) groups excluding carboxylic acids is 1. The van der Waals surface area contributed by atoms with Gasteiger partial charge in [-0.25, -0.2) is 4.39 Å². The zero-order valence-electron chi connectivity index (χ0n) is 15.6. The number of para-hydroxylation sites is 1. The summed E-state index contributed by atoms with van der Waals surface area (Å²) in [6, 6.07) is 16.9. The van der Waals surface area contributed by atoms with Crippen LogP contribution < -0.4 is 4.90 Å². The van der Waals surface area contributed by atoms with E-state index >= 15 is 0 Å². The molecule has 2 aliphatic heterocycles. The van der Waals surface area contributed by atoms with Crippen molar-refractivity contribution < 1.29 is 9.18 Å². The van der Waals surface area contributed by atoms with E-state index < -0.39 is 23.4 Å². The molecule has 0 amide bonds. The number of carbonyl (C=O) groups is 1. The van der Waals surface area contributed by atoms with E-state index in [-0.39, 0.29) is 17.5 Å². The fourth-order valence-electron chi connectivity index (χ4n) is 4.91. The van der Waals surface area contributed by atoms with Crippen LogP contribution >= 0.6 is 0 Å². The second-order valence-electron chi connectivity index (χ2n) is 8.01. The van der Waals surface area contributed by atoms with E-state index in [4.69, 9.17) is 0 Å². The van der Waals surface area contributed by atoms with Gasteiger partial charge >= 0.3 is 0 Å². The van der Waals surface area contributed by atoms with E-state index in [0.717, 1.165) is 24.1 Å². The fraction of sp³-hybridized carbons (Fsp3) is 0.292. The van der Waals surface area contributed by atoms with Crippen molar-refractivity contribution in [2.24, 2.45) is 11.3 Å². The van der Waals surface area contributed by atoms with E-state index in [0.29, 0.717) is 5.56 Å². The maximum Gasteiger partial charge on any atom is 0.176 e. The van der Waals surface area contributed by atoms with Crippen LogP contribution in [0.5, 0.6) is 0 Å². The van der Waals surface area contributed by atoms with Crippen molar-refractivity contribution in [3.63, 3.8) is 0 Å². The molecule has 5 rings (SSSR count). The minimum Gasteiger partial charge on any atom is -0.351 e. The molecule has 1 saturated carbocycles. The van der Waals surface area contributed by atoms with Crippen LogP contribution in [0.3, 0.4) is 0 Å². The number of nitriles is 2. The first-order valence-electron chi connectivity index (χ1n) is 9.78. The Kier molecular flexibility index (Phi) is 3.83. The molecular formula is C24H18FN3O. The Morgan fingerprint density at radius 2 is 1.76 bits per heavy atom. The average Bonchev–Trinajstić information content (AvgIpc) is 3.56. The highest BCUT2D eigenvalue weighted by molar-refractivity contribution is 5.95. The molecule has 2 heterocycles. The molecule has 1 aliphatic carbocycles. The molecule has 2 aromatic carbocycles. The first-order chi connectivity index (χ1) is 14.1. The number of rotatable bonds is 3. The summed E-state index contributed by atoms with van der Waals surface area (Å²) in [6.45, 7) is 0. The van der Waals surface area contributed by atoms with Crippen LogP contribution in [0.4, 0.5) is 10.1 Å². The number of hydrogen-bond donors (Lipinski definition) is 0. The van der Waals surface area contributed by atoms with Gasteiger partial charge in [-0.15, -0.1) is 0 Å². The van der Waals surface area contributed by atoms with Crippen molar-refractivity contribution in [1.29, 1.82) is 10.5 Å². The molecule has 3 aliphatic rings. The molecule has 0 aromatic heterocycles. The van der Waals surface area contributed by atoms with Crippen LogP contribution in [-0.4, -0.2) is 17.9 Å². The first kappa shape index (κ1) is 17.6. The standard InChI is InChI=1S/C24H18FN3O/c25-18-10-7-16(8-11-18)21-22(23(29)17-5-6-17)28-19-4-2-1-3-15(19)9-12-20(28)24(21,13-26)14-27/h1-4,7-12,17,20-22H,5-6H2/t20-,21-,22-/m1/s1. The van der Waals surface area contributed by atoms with Gasteiger partial charge in [-0.1, -0.05) is 42.5 Å². The number of halogens is 1. The van der Waals surface area contributed by atoms with Gasteiger partial charge in [-0.3, -0.25) is 4.79 Å². The lowest BCUT2D eigenvalue weighted by Gasteiger charge is -2.35. The van der Waals surface area contributed by atoms with Crippen molar-refractivity contribution in [1.82, 2.24) is 0 Å². The van der Waals surface area contributed by atoms with Crippen molar-refractivity contribution in [3.05, 3.63) is 71.6 Å². The molecule has 2 aromatic rings. The summed E-state index contributed by atoms with van der Waals surface area (Å²) in [6.07, 6.45) is 5.47. The second kappa shape index (κ2) is 6.29. The average molecular weight is 383 g/mol. The van der Waals surface area contributed by atoms with Crippen LogP contribution in [0, 0.1) is 39.8 Å². The number of Topliss-reactive ketones (excluding diaryl/α,β-unsaturated/α-hetero) is 1. The van der Waals surface area contributed by atoms with Crippen LogP contribution in [0.2, 0.25) is 0 Å². The summed E-state index contributed by atoms with van der Waals surface area (Å²) in [7, 11) is 0. The number of benzene rings is 2. The molecule has 0 unspecified atom stereocenters. The molecule has 4 nitrogen and oxygen atoms in total. The normalized spacial score (nSPS) is 26.2. The van der Waals surface area contributed by atoms with Gasteiger partial charge in [0.25, 0.3) is 0 Å². The molecule has 29 heavy (non-hydrogen) atoms. The summed E-state index contributed by atoms with van der Waals surface area (Å²) < 4.78 is 13.6. The smallest absolute Gasteiger partial charge is 0.176 e. The maximum absolute atomic E-state index is 13.6. The van der Waals surface area contributed by atoms with E-state index in [9.17, 15) is 19.7 Å². The molecule has 142 valence electrons. The Labute approximate surface area is 168 Å². The molecule has 2 fully saturated rings. The van der Waals surface area contributed by atoms with Crippen molar-refractivity contribution in [2.75, 3.05) is 4.90 Å². The molecule has 0 radical (unpaired) electrons. The van der Waals surface area contributed by atoms with Gasteiger partial charge < -0.3 is 4.90 Å². The first-order valence-corrected chi connectivity index (χ1v) is 9.78. The summed E-state index contributed by atoms with van der Waals surface area (Å²) in [5.41, 5.74) is 1.02. The highest BCUT2D eigenvalue weighted by Crippen LogP contribution is 2.56. The molecule has 0 bridgehead atoms. The Bertz CT molecular complexity index is 1090. The van der Waals surface area contributed by atoms with Crippen LogP contribution in [0.25, 0.3) is 6.08 Å². The SMILES string of the molecule is N#CC1(C#N)[C@H](c2ccc(F)cc2)[C@H](C(=O)C2CC2)N2c3ccccc3C=C[C@@H]21. The highest BCUT2D eigenvalue weighted by Gasteiger charge is 2.64. The fourth-order valence-corrected chi connectivity index (χ4v) is 4.91. The minimum absolute atomic E-state index is 0.0325. The molecule has 0 spiro atoms. The van der Waals surface area contributed by atoms with E-state index in [1.165, 1.54) is 12.1 Å². The van der Waals surface area contributed by atoms with Gasteiger partial charge in [0, 0.05) is 17.5 Å². The lowest BCUT2D eigenvalue weighted by atomic mass is 9.69. The predicted molar refractivity (Wildman–Crippen MR) is 106 cm³/mol. The van der Waals surface area contributed by atoms with E-state index in [1.807, 2.05) is 41.3 Å². The van der Waals surface area contributed by atoms with Crippen molar-refractivity contribution >= 4 is 17.5 Å². The molecule has 5 heteroatoms. The zero-order chi connectivity index (χ0) is 20.2. The molecule has 0 N–H and O–H groups in total. The number of fused-ring (bicyclic) bond motifs is 3. The van der Waals surface area contributed by atoms with Crippen LogP contribution in [-0.2, 0) is 4.79 Å². The molecular weight excluding hydrogens is 365 g/mol. The number of anilines is 1. The minimum atomic E-state index is -1.45.